The van der Waals surface area contributed by atoms with Crippen molar-refractivity contribution in [2.45, 2.75) is 47.1 Å². The zero-order valence-electron chi connectivity index (χ0n) is 18.5. The van der Waals surface area contributed by atoms with Gasteiger partial charge in [0.05, 0.1) is 17.9 Å². The molecule has 0 aliphatic carbocycles. The van der Waals surface area contributed by atoms with Crippen molar-refractivity contribution in [3.05, 3.63) is 60.2 Å². The lowest BCUT2D eigenvalue weighted by Gasteiger charge is -2.33. The summed E-state index contributed by atoms with van der Waals surface area (Å²) in [7, 11) is 1.37. The molecule has 0 heterocycles. The van der Waals surface area contributed by atoms with Crippen LogP contribution in [0.25, 0.3) is 21.5 Å². The lowest BCUT2D eigenvalue weighted by molar-refractivity contribution is -0.162. The molecule has 0 N–H and O–H groups in total. The fourth-order valence-corrected chi connectivity index (χ4v) is 4.24. The van der Waals surface area contributed by atoms with E-state index in [2.05, 4.69) is 30.3 Å². The van der Waals surface area contributed by atoms with E-state index in [0.29, 0.717) is 12.8 Å². The highest BCUT2D eigenvalue weighted by molar-refractivity contribution is 6.02. The molecule has 1 atom stereocenters. The highest BCUT2D eigenvalue weighted by atomic mass is 16.5. The number of ether oxygens (including phenoxy) is 2. The minimum Gasteiger partial charge on any atom is -0.469 e. The van der Waals surface area contributed by atoms with Crippen molar-refractivity contribution in [3.63, 3.8) is 0 Å². The van der Waals surface area contributed by atoms with Gasteiger partial charge in [-0.25, -0.2) is 0 Å². The second-order valence-corrected chi connectivity index (χ2v) is 8.84. The zero-order chi connectivity index (χ0) is 21.9. The molecule has 4 heteroatoms. The topological polar surface area (TPSA) is 52.6 Å². The summed E-state index contributed by atoms with van der Waals surface area (Å²) in [4.78, 5) is 25.3. The first-order valence-corrected chi connectivity index (χ1v) is 10.4. The molecule has 0 bridgehead atoms. The third kappa shape index (κ3) is 4.18. The summed E-state index contributed by atoms with van der Waals surface area (Å²) in [5, 5.41) is 4.40. The Morgan fingerprint density at radius 1 is 0.867 bits per heavy atom. The third-order valence-corrected chi connectivity index (χ3v) is 6.07. The van der Waals surface area contributed by atoms with Gasteiger partial charge in [-0.2, -0.15) is 0 Å². The summed E-state index contributed by atoms with van der Waals surface area (Å²) >= 11 is 0. The van der Waals surface area contributed by atoms with Gasteiger partial charge < -0.3 is 9.47 Å². The smallest absolute Gasteiger partial charge is 0.312 e. The molecule has 1 unspecified atom stereocenters. The Hall–Kier alpha value is -2.88. The highest BCUT2D eigenvalue weighted by Gasteiger charge is 2.42. The van der Waals surface area contributed by atoms with Crippen molar-refractivity contribution >= 4 is 33.5 Å². The van der Waals surface area contributed by atoms with Crippen molar-refractivity contribution in [2.24, 2.45) is 10.8 Å². The van der Waals surface area contributed by atoms with Gasteiger partial charge in [-0.3, -0.25) is 9.59 Å². The van der Waals surface area contributed by atoms with Crippen LogP contribution in [0.15, 0.2) is 54.6 Å². The number of benzene rings is 3. The molecule has 0 aliphatic heterocycles. The summed E-state index contributed by atoms with van der Waals surface area (Å²) in [6.07, 6.45) is 0.931. The molecule has 3 aromatic rings. The van der Waals surface area contributed by atoms with E-state index in [0.717, 1.165) is 27.1 Å². The number of hydrogen-bond donors (Lipinski definition) is 0. The fraction of sp³-hybridized carbons (Fsp3) is 0.385. The monoisotopic (exact) mass is 406 g/mol. The number of esters is 2. The molecule has 0 spiro atoms. The highest BCUT2D eigenvalue weighted by Crippen LogP contribution is 2.39. The van der Waals surface area contributed by atoms with Gasteiger partial charge in [-0.1, -0.05) is 55.5 Å². The molecule has 0 radical (unpaired) electrons. The Labute approximate surface area is 178 Å². The van der Waals surface area contributed by atoms with Crippen LogP contribution in [0.1, 0.15) is 46.1 Å². The quantitative estimate of drug-likeness (QED) is 0.354. The minimum atomic E-state index is -0.780. The molecular formula is C26H30O4. The maximum Gasteiger partial charge on any atom is 0.312 e. The molecule has 30 heavy (non-hydrogen) atoms. The van der Waals surface area contributed by atoms with Crippen LogP contribution in [-0.2, 0) is 25.7 Å². The fourth-order valence-electron chi connectivity index (χ4n) is 4.24. The number of hydrogen-bond acceptors (Lipinski definition) is 4. The first-order chi connectivity index (χ1) is 14.2. The SMILES string of the molecule is CCC(C)(CC(C)(C)C(=O)OC)C(=O)OCc1c2ccccc2cc2ccccc12. The Kier molecular flexibility index (Phi) is 6.16. The van der Waals surface area contributed by atoms with E-state index in [-0.39, 0.29) is 18.5 Å². The second-order valence-electron chi connectivity index (χ2n) is 8.84. The summed E-state index contributed by atoms with van der Waals surface area (Å²) in [6, 6.07) is 18.4. The van der Waals surface area contributed by atoms with Crippen molar-refractivity contribution < 1.29 is 19.1 Å². The number of fused-ring (bicyclic) bond motifs is 2. The van der Waals surface area contributed by atoms with E-state index >= 15 is 0 Å². The lowest BCUT2D eigenvalue weighted by Crippen LogP contribution is -2.38. The van der Waals surface area contributed by atoms with E-state index in [1.54, 1.807) is 13.8 Å². The van der Waals surface area contributed by atoms with Crippen LogP contribution in [0.4, 0.5) is 0 Å². The minimum absolute atomic E-state index is 0.189. The average Bonchev–Trinajstić information content (AvgIpc) is 2.75. The first-order valence-electron chi connectivity index (χ1n) is 10.4. The largest absolute Gasteiger partial charge is 0.469 e. The zero-order valence-corrected chi connectivity index (χ0v) is 18.5. The van der Waals surface area contributed by atoms with Gasteiger partial charge in [0.1, 0.15) is 6.61 Å². The molecule has 158 valence electrons. The third-order valence-electron chi connectivity index (χ3n) is 6.07. The predicted molar refractivity (Wildman–Crippen MR) is 120 cm³/mol. The summed E-state index contributed by atoms with van der Waals surface area (Å²) in [5.41, 5.74) is -0.550. The summed E-state index contributed by atoms with van der Waals surface area (Å²) in [6.45, 7) is 7.61. The van der Waals surface area contributed by atoms with Crippen molar-refractivity contribution in [1.82, 2.24) is 0 Å². The van der Waals surface area contributed by atoms with Crippen molar-refractivity contribution in [2.75, 3.05) is 7.11 Å². The molecule has 0 aromatic heterocycles. The van der Waals surface area contributed by atoms with Gasteiger partial charge in [0.15, 0.2) is 0 Å². The van der Waals surface area contributed by atoms with Crippen LogP contribution in [0.5, 0.6) is 0 Å². The average molecular weight is 407 g/mol. The van der Waals surface area contributed by atoms with Gasteiger partial charge in [0, 0.05) is 5.56 Å². The van der Waals surface area contributed by atoms with E-state index in [1.807, 2.05) is 38.1 Å². The molecular weight excluding hydrogens is 376 g/mol. The maximum atomic E-state index is 13.2. The molecule has 4 nitrogen and oxygen atoms in total. The summed E-state index contributed by atoms with van der Waals surface area (Å²) < 4.78 is 10.8. The van der Waals surface area contributed by atoms with E-state index < -0.39 is 10.8 Å². The lowest BCUT2D eigenvalue weighted by atomic mass is 9.72. The Bertz CT molecular complexity index is 1030. The molecule has 0 aliphatic rings. The van der Waals surface area contributed by atoms with Crippen LogP contribution in [-0.4, -0.2) is 19.0 Å². The molecule has 0 amide bonds. The standard InChI is InChI=1S/C26H30O4/c1-6-26(4,17-25(2,3)23(27)29-5)24(28)30-16-22-20-13-9-7-11-18(20)15-19-12-8-10-14-21(19)22/h7-15H,6,16-17H2,1-5H3. The van der Waals surface area contributed by atoms with Crippen LogP contribution >= 0.6 is 0 Å². The van der Waals surface area contributed by atoms with Gasteiger partial charge in [-0.15, -0.1) is 0 Å². The molecule has 3 rings (SSSR count). The van der Waals surface area contributed by atoms with Crippen molar-refractivity contribution in [3.8, 4) is 0 Å². The molecule has 0 fully saturated rings. The van der Waals surface area contributed by atoms with Crippen LogP contribution in [0.3, 0.4) is 0 Å². The molecule has 3 aromatic carbocycles. The van der Waals surface area contributed by atoms with Crippen LogP contribution in [0, 0.1) is 10.8 Å². The van der Waals surface area contributed by atoms with Crippen LogP contribution in [0.2, 0.25) is 0 Å². The van der Waals surface area contributed by atoms with Crippen LogP contribution < -0.4 is 0 Å². The van der Waals surface area contributed by atoms with Gasteiger partial charge in [0.2, 0.25) is 0 Å². The molecule has 0 saturated carbocycles. The Morgan fingerprint density at radius 3 is 1.90 bits per heavy atom. The van der Waals surface area contributed by atoms with Gasteiger partial charge >= 0.3 is 11.9 Å². The van der Waals surface area contributed by atoms with E-state index in [4.69, 9.17) is 9.47 Å². The molecule has 0 saturated heterocycles. The van der Waals surface area contributed by atoms with Crippen molar-refractivity contribution in [1.29, 1.82) is 0 Å². The summed E-state index contributed by atoms with van der Waals surface area (Å²) in [5.74, 6) is -0.617. The first kappa shape index (κ1) is 21.8. The number of rotatable bonds is 7. The second kappa shape index (κ2) is 8.47. The van der Waals surface area contributed by atoms with E-state index in [1.165, 1.54) is 7.11 Å². The predicted octanol–water partition coefficient (Wildman–Crippen LogP) is 6.04. The maximum absolute atomic E-state index is 13.2. The van der Waals surface area contributed by atoms with Gasteiger partial charge in [0.25, 0.3) is 0 Å². The number of carbonyl (C=O) groups is 2. The number of methoxy groups -OCH3 is 1. The van der Waals surface area contributed by atoms with E-state index in [9.17, 15) is 9.59 Å². The Balaban J connectivity index is 1.91. The number of carbonyl (C=O) groups excluding carboxylic acids is 2. The normalized spacial score (nSPS) is 13.8. The Morgan fingerprint density at radius 2 is 1.40 bits per heavy atom. The van der Waals surface area contributed by atoms with Gasteiger partial charge in [-0.05, 0) is 61.2 Å².